The molecule has 1 aromatic heterocycles. The smallest absolute Gasteiger partial charge is 0.0477 e. The molecule has 0 fully saturated rings. The Kier molecular flexibility index (Phi) is 46.4. The van der Waals surface area contributed by atoms with Crippen LogP contribution in [0.1, 0.15) is 130 Å². The van der Waals surface area contributed by atoms with Crippen molar-refractivity contribution in [1.29, 1.82) is 0 Å². The van der Waals surface area contributed by atoms with Crippen molar-refractivity contribution >= 4 is 35.2 Å². The fraction of sp³-hybridized carbons (Fsp3) is 0.750. The minimum Gasteiger partial charge on any atom is -0.143 e. The predicted octanol–water partition coefficient (Wildman–Crippen LogP) is 10.3. The van der Waals surface area contributed by atoms with Crippen LogP contribution < -0.4 is 0 Å². The Bertz CT molecular complexity index is 319. The third-order valence-electron chi connectivity index (χ3n) is 4.53. The summed E-state index contributed by atoms with van der Waals surface area (Å²) in [6.07, 6.45) is 19.2. The number of hydrogen-bond acceptors (Lipinski definition) is 1. The van der Waals surface area contributed by atoms with Gasteiger partial charge in [-0.3, -0.25) is 0 Å². The van der Waals surface area contributed by atoms with Gasteiger partial charge in [0.25, 0.3) is 0 Å². The summed E-state index contributed by atoms with van der Waals surface area (Å²) in [6.45, 7) is 21.7. The molecule has 0 saturated carbocycles. The van der Waals surface area contributed by atoms with Crippen molar-refractivity contribution in [3.63, 3.8) is 0 Å². The largest absolute Gasteiger partial charge is 0.143 e. The van der Waals surface area contributed by atoms with Crippen molar-refractivity contribution in [3.8, 4) is 0 Å². The van der Waals surface area contributed by atoms with Crippen LogP contribution in [0.3, 0.4) is 0 Å². The Labute approximate surface area is 214 Å². The number of hydrogen-bond donors (Lipinski definition) is 0. The summed E-state index contributed by atoms with van der Waals surface area (Å²) < 4.78 is 0. The molecule has 8 radical (unpaired) electrons. The van der Waals surface area contributed by atoms with E-state index in [-0.39, 0.29) is 23.9 Å². The van der Waals surface area contributed by atoms with Crippen molar-refractivity contribution in [2.45, 2.75) is 131 Å². The maximum atomic E-state index is 3.60. The molecule has 1 atom stereocenters. The third kappa shape index (κ3) is 35.9. The molecule has 1 heterocycles. The summed E-state index contributed by atoms with van der Waals surface area (Å²) in [4.78, 5) is 0. The molecule has 2 heteroatoms. The molecule has 0 N–H and O–H groups in total. The molecule has 0 aromatic carbocycles. The summed E-state index contributed by atoms with van der Waals surface area (Å²) in [5, 5.41) is 5.54. The molecule has 0 aliphatic carbocycles. The first-order chi connectivity index (χ1) is 14.1. The van der Waals surface area contributed by atoms with E-state index in [1.807, 2.05) is 0 Å². The van der Waals surface area contributed by atoms with E-state index >= 15 is 0 Å². The van der Waals surface area contributed by atoms with Gasteiger partial charge in [0.05, 0.1) is 0 Å². The van der Waals surface area contributed by atoms with E-state index in [0.29, 0.717) is 0 Å². The monoisotopic (exact) mass is 542 g/mol. The van der Waals surface area contributed by atoms with Gasteiger partial charge in [0.15, 0.2) is 0 Å². The second-order valence-corrected chi connectivity index (χ2v) is 8.38. The maximum absolute atomic E-state index is 3.60. The molecular formula is C28H54SSn. The first-order valence-electron chi connectivity index (χ1n) is 12.4. The number of rotatable bonds is 13. The molecule has 1 unspecified atom stereocenters. The number of unbranched alkanes of at least 4 members (excludes halogenated alkanes) is 7. The van der Waals surface area contributed by atoms with E-state index in [4.69, 9.17) is 0 Å². The molecule has 0 bridgehead atoms. The molecule has 0 aliphatic heterocycles. The van der Waals surface area contributed by atoms with Gasteiger partial charge in [-0.2, -0.15) is 0 Å². The van der Waals surface area contributed by atoms with Crippen LogP contribution in [0.15, 0.2) is 11.4 Å². The van der Waals surface area contributed by atoms with E-state index < -0.39 is 0 Å². The molecule has 1 rings (SSSR count). The van der Waals surface area contributed by atoms with Gasteiger partial charge < -0.3 is 0 Å². The van der Waals surface area contributed by atoms with Gasteiger partial charge in [0.1, 0.15) is 0 Å². The van der Waals surface area contributed by atoms with E-state index in [2.05, 4.69) is 72.2 Å². The van der Waals surface area contributed by atoms with Crippen LogP contribution in [-0.2, 0) is 6.42 Å². The number of thiophene rings is 1. The Balaban J connectivity index is -0.000000215. The Hall–Kier alpha value is 0.499. The first kappa shape index (κ1) is 37.8. The van der Waals surface area contributed by atoms with Crippen molar-refractivity contribution in [3.05, 3.63) is 43.2 Å². The molecule has 1 aromatic rings. The fourth-order valence-corrected chi connectivity index (χ4v) is 2.98. The van der Waals surface area contributed by atoms with Crippen LogP contribution in [0.25, 0.3) is 0 Å². The summed E-state index contributed by atoms with van der Waals surface area (Å²) in [5.74, 6) is 0.901. The van der Waals surface area contributed by atoms with Crippen LogP contribution in [0.4, 0.5) is 0 Å². The SMILES string of the molecule is CCCCCCC(CCCC)Cc1[c]scc1.[CH2]CCC.[CH2]CCC.[CH2]CCC.[Sn]. The first-order valence-corrected chi connectivity index (χ1v) is 13.3. The molecule has 0 nitrogen and oxygen atoms in total. The standard InChI is InChI=1S/C16H27S.3C4H9.Sn/c1-3-5-7-8-10-15(9-6-4-2)13-16-11-12-17-14-16;3*1-3-4-2;/h11-12,15H,3-10,13H2,1-2H3;3*1,3-4H2,2H3;. The summed E-state index contributed by atoms with van der Waals surface area (Å²) in [7, 11) is 0. The maximum Gasteiger partial charge on any atom is 0.0477 e. The van der Waals surface area contributed by atoms with Crippen LogP contribution in [0, 0.1) is 32.1 Å². The summed E-state index contributed by atoms with van der Waals surface area (Å²) in [6, 6.07) is 2.25. The second-order valence-electron chi connectivity index (χ2n) is 7.67. The molecular weight excluding hydrogens is 487 g/mol. The second kappa shape index (κ2) is 36.8. The quantitative estimate of drug-likeness (QED) is 0.172. The van der Waals surface area contributed by atoms with Crippen LogP contribution in [0.5, 0.6) is 0 Å². The Morgan fingerprint density at radius 1 is 0.733 bits per heavy atom. The zero-order valence-electron chi connectivity index (χ0n) is 21.4. The minimum absolute atomic E-state index is 0. The third-order valence-corrected chi connectivity index (χ3v) is 5.18. The Morgan fingerprint density at radius 3 is 1.57 bits per heavy atom. The van der Waals surface area contributed by atoms with Gasteiger partial charge >= 0.3 is 0 Å². The minimum atomic E-state index is 0. The van der Waals surface area contributed by atoms with Gasteiger partial charge in [-0.25, -0.2) is 0 Å². The average Bonchev–Trinajstić information content (AvgIpc) is 3.28. The normalized spacial score (nSPS) is 10.3. The average molecular weight is 542 g/mol. The molecule has 30 heavy (non-hydrogen) atoms. The van der Waals surface area contributed by atoms with Crippen molar-refractivity contribution in [2.24, 2.45) is 5.92 Å². The van der Waals surface area contributed by atoms with Crippen molar-refractivity contribution in [2.75, 3.05) is 0 Å². The molecule has 0 saturated heterocycles. The van der Waals surface area contributed by atoms with Gasteiger partial charge in [0, 0.05) is 29.3 Å². The zero-order chi connectivity index (χ0) is 22.6. The van der Waals surface area contributed by atoms with Gasteiger partial charge in [-0.15, -0.1) is 11.3 Å². The van der Waals surface area contributed by atoms with Crippen LogP contribution in [0.2, 0.25) is 0 Å². The van der Waals surface area contributed by atoms with Crippen molar-refractivity contribution < 1.29 is 0 Å². The van der Waals surface area contributed by atoms with Gasteiger partial charge in [-0.05, 0) is 29.3 Å². The molecule has 0 amide bonds. The van der Waals surface area contributed by atoms with E-state index in [9.17, 15) is 0 Å². The predicted molar refractivity (Wildman–Crippen MR) is 145 cm³/mol. The van der Waals surface area contributed by atoms with Crippen LogP contribution in [-0.4, -0.2) is 23.9 Å². The van der Waals surface area contributed by atoms with E-state index in [1.165, 1.54) is 82.6 Å². The zero-order valence-corrected chi connectivity index (χ0v) is 25.0. The summed E-state index contributed by atoms with van der Waals surface area (Å²) in [5.41, 5.74) is 1.44. The fourth-order valence-electron chi connectivity index (χ4n) is 2.38. The van der Waals surface area contributed by atoms with Crippen LogP contribution >= 0.6 is 11.3 Å². The summed E-state index contributed by atoms with van der Waals surface area (Å²) >= 11 is 1.71. The van der Waals surface area contributed by atoms with Crippen molar-refractivity contribution in [1.82, 2.24) is 0 Å². The molecule has 0 aliphatic rings. The van der Waals surface area contributed by atoms with Gasteiger partial charge in [-0.1, -0.05) is 145 Å². The molecule has 176 valence electrons. The van der Waals surface area contributed by atoms with Gasteiger partial charge in [0.2, 0.25) is 0 Å². The van der Waals surface area contributed by atoms with E-state index in [0.717, 1.165) is 25.2 Å². The molecule has 0 spiro atoms. The topological polar surface area (TPSA) is 0 Å². The van der Waals surface area contributed by atoms with E-state index in [1.54, 1.807) is 11.3 Å². The Morgan fingerprint density at radius 2 is 1.20 bits per heavy atom.